The number of nitrogens with zero attached hydrogens (tertiary/aromatic N) is 1. The van der Waals surface area contributed by atoms with Crippen LogP contribution in [0.2, 0.25) is 5.02 Å². The standard InChI is InChI=1S/C17H26ClFN2/c1-17(2,3)20-11-15-6-4-5-9-21(15)12-13-7-8-14(19)10-16(13)18/h7-8,10,15,20H,4-6,9,11-12H2,1-3H3. The lowest BCUT2D eigenvalue weighted by molar-refractivity contribution is 0.131. The van der Waals surface area contributed by atoms with E-state index in [4.69, 9.17) is 11.6 Å². The van der Waals surface area contributed by atoms with Gasteiger partial charge >= 0.3 is 0 Å². The van der Waals surface area contributed by atoms with Crippen LogP contribution in [0, 0.1) is 5.82 Å². The Morgan fingerprint density at radius 1 is 1.33 bits per heavy atom. The van der Waals surface area contributed by atoms with Gasteiger partial charge in [0.15, 0.2) is 0 Å². The van der Waals surface area contributed by atoms with Crippen LogP contribution in [0.5, 0.6) is 0 Å². The zero-order chi connectivity index (χ0) is 15.5. The molecule has 118 valence electrons. The molecule has 1 saturated heterocycles. The average Bonchev–Trinajstić information content (AvgIpc) is 2.40. The molecular formula is C17H26ClFN2. The van der Waals surface area contributed by atoms with Crippen LogP contribution in [0.3, 0.4) is 0 Å². The van der Waals surface area contributed by atoms with Gasteiger partial charge in [-0.25, -0.2) is 4.39 Å². The fraction of sp³-hybridized carbons (Fsp3) is 0.647. The monoisotopic (exact) mass is 312 g/mol. The first-order chi connectivity index (χ1) is 9.85. The maximum Gasteiger partial charge on any atom is 0.124 e. The van der Waals surface area contributed by atoms with E-state index in [9.17, 15) is 4.39 Å². The number of likely N-dealkylation sites (tertiary alicyclic amines) is 1. The van der Waals surface area contributed by atoms with Gasteiger partial charge in [-0.05, 0) is 57.9 Å². The molecule has 2 rings (SSSR count). The fourth-order valence-corrected chi connectivity index (χ4v) is 3.02. The Hall–Kier alpha value is -0.640. The minimum absolute atomic E-state index is 0.136. The highest BCUT2D eigenvalue weighted by Crippen LogP contribution is 2.24. The van der Waals surface area contributed by atoms with Crippen molar-refractivity contribution >= 4 is 11.6 Å². The molecule has 4 heteroatoms. The van der Waals surface area contributed by atoms with E-state index in [0.717, 1.165) is 25.2 Å². The smallest absolute Gasteiger partial charge is 0.124 e. The molecule has 1 aliphatic rings. The molecule has 1 unspecified atom stereocenters. The second-order valence-corrected chi connectivity index (χ2v) is 7.39. The fourth-order valence-electron chi connectivity index (χ4n) is 2.79. The third kappa shape index (κ3) is 5.24. The third-order valence-corrected chi connectivity index (χ3v) is 4.36. The van der Waals surface area contributed by atoms with Gasteiger partial charge in [-0.15, -0.1) is 0 Å². The van der Waals surface area contributed by atoms with E-state index in [1.807, 2.05) is 0 Å². The zero-order valence-corrected chi connectivity index (χ0v) is 14.0. The maximum atomic E-state index is 13.1. The topological polar surface area (TPSA) is 15.3 Å². The van der Waals surface area contributed by atoms with Crippen LogP contribution in [-0.4, -0.2) is 29.6 Å². The predicted molar refractivity (Wildman–Crippen MR) is 87.2 cm³/mol. The van der Waals surface area contributed by atoms with Crippen LogP contribution in [0.15, 0.2) is 18.2 Å². The van der Waals surface area contributed by atoms with Crippen LogP contribution in [0.1, 0.15) is 45.6 Å². The molecule has 1 N–H and O–H groups in total. The number of rotatable bonds is 4. The normalized spacial score (nSPS) is 20.7. The number of nitrogens with one attached hydrogen (secondary N) is 1. The van der Waals surface area contributed by atoms with Gasteiger partial charge in [-0.1, -0.05) is 24.1 Å². The van der Waals surface area contributed by atoms with E-state index >= 15 is 0 Å². The second kappa shape index (κ2) is 7.08. The molecule has 1 aliphatic heterocycles. The first kappa shape index (κ1) is 16.7. The minimum atomic E-state index is -0.270. The van der Waals surface area contributed by atoms with Crippen molar-refractivity contribution in [2.75, 3.05) is 13.1 Å². The van der Waals surface area contributed by atoms with Crippen molar-refractivity contribution in [3.05, 3.63) is 34.6 Å². The highest BCUT2D eigenvalue weighted by Gasteiger charge is 2.24. The highest BCUT2D eigenvalue weighted by molar-refractivity contribution is 6.31. The van der Waals surface area contributed by atoms with Crippen molar-refractivity contribution in [2.24, 2.45) is 0 Å². The molecule has 0 bridgehead atoms. The molecule has 1 heterocycles. The van der Waals surface area contributed by atoms with Gasteiger partial charge in [0.05, 0.1) is 0 Å². The van der Waals surface area contributed by atoms with Gasteiger partial charge in [0.1, 0.15) is 5.82 Å². The summed E-state index contributed by atoms with van der Waals surface area (Å²) in [6, 6.07) is 5.23. The van der Waals surface area contributed by atoms with Crippen molar-refractivity contribution in [1.29, 1.82) is 0 Å². The summed E-state index contributed by atoms with van der Waals surface area (Å²) in [5.74, 6) is -0.270. The number of piperidine rings is 1. The summed E-state index contributed by atoms with van der Waals surface area (Å²) in [4.78, 5) is 2.47. The predicted octanol–water partition coefficient (Wildman–Crippen LogP) is 4.22. The molecule has 2 nitrogen and oxygen atoms in total. The van der Waals surface area contributed by atoms with Crippen LogP contribution in [0.25, 0.3) is 0 Å². The quantitative estimate of drug-likeness (QED) is 0.895. The summed E-state index contributed by atoms with van der Waals surface area (Å²) >= 11 is 6.16. The molecule has 1 aromatic rings. The Balaban J connectivity index is 2.01. The lowest BCUT2D eigenvalue weighted by atomic mass is 9.99. The molecule has 0 aliphatic carbocycles. The number of halogens is 2. The molecule has 1 fully saturated rings. The Bertz CT molecular complexity index is 470. The van der Waals surface area contributed by atoms with Crippen LogP contribution >= 0.6 is 11.6 Å². The van der Waals surface area contributed by atoms with E-state index in [0.29, 0.717) is 11.1 Å². The zero-order valence-electron chi connectivity index (χ0n) is 13.3. The van der Waals surface area contributed by atoms with E-state index in [1.165, 1.54) is 31.4 Å². The Morgan fingerprint density at radius 2 is 2.10 bits per heavy atom. The van der Waals surface area contributed by atoms with Crippen molar-refractivity contribution in [1.82, 2.24) is 10.2 Å². The van der Waals surface area contributed by atoms with Crippen molar-refractivity contribution in [3.8, 4) is 0 Å². The lowest BCUT2D eigenvalue weighted by Crippen LogP contribution is -2.49. The molecule has 0 radical (unpaired) electrons. The van der Waals surface area contributed by atoms with Gasteiger partial charge in [0.2, 0.25) is 0 Å². The van der Waals surface area contributed by atoms with E-state index in [-0.39, 0.29) is 11.4 Å². The van der Waals surface area contributed by atoms with Crippen molar-refractivity contribution < 1.29 is 4.39 Å². The molecule has 0 amide bonds. The Morgan fingerprint density at radius 3 is 2.76 bits per heavy atom. The summed E-state index contributed by atoms with van der Waals surface area (Å²) < 4.78 is 13.1. The van der Waals surface area contributed by atoms with Gasteiger partial charge in [0.25, 0.3) is 0 Å². The van der Waals surface area contributed by atoms with Crippen molar-refractivity contribution in [2.45, 2.75) is 58.2 Å². The maximum absolute atomic E-state index is 13.1. The summed E-state index contributed by atoms with van der Waals surface area (Å²) in [5, 5.41) is 4.13. The van der Waals surface area contributed by atoms with Crippen molar-refractivity contribution in [3.63, 3.8) is 0 Å². The third-order valence-electron chi connectivity index (χ3n) is 4.01. The Labute approximate surface area is 132 Å². The summed E-state index contributed by atoms with van der Waals surface area (Å²) in [6.45, 7) is 9.45. The molecule has 0 saturated carbocycles. The van der Waals surface area contributed by atoms with Crippen LogP contribution < -0.4 is 5.32 Å². The molecule has 0 spiro atoms. The number of hydrogen-bond donors (Lipinski definition) is 1. The molecule has 21 heavy (non-hydrogen) atoms. The van der Waals surface area contributed by atoms with E-state index in [1.54, 1.807) is 6.07 Å². The molecule has 1 atom stereocenters. The number of hydrogen-bond acceptors (Lipinski definition) is 2. The second-order valence-electron chi connectivity index (χ2n) is 6.99. The SMILES string of the molecule is CC(C)(C)NCC1CCCCN1Cc1ccc(F)cc1Cl. The van der Waals surface area contributed by atoms with Crippen LogP contribution in [0.4, 0.5) is 4.39 Å². The minimum Gasteiger partial charge on any atom is -0.311 e. The average molecular weight is 313 g/mol. The molecule has 0 aromatic heterocycles. The summed E-state index contributed by atoms with van der Waals surface area (Å²) in [6.07, 6.45) is 3.72. The number of benzene rings is 1. The van der Waals surface area contributed by atoms with Gasteiger partial charge in [0, 0.05) is 29.7 Å². The first-order valence-electron chi connectivity index (χ1n) is 7.78. The highest BCUT2D eigenvalue weighted by atomic mass is 35.5. The molecule has 1 aromatic carbocycles. The largest absolute Gasteiger partial charge is 0.311 e. The first-order valence-corrected chi connectivity index (χ1v) is 8.16. The summed E-state index contributed by atoms with van der Waals surface area (Å²) in [7, 11) is 0. The van der Waals surface area contributed by atoms with E-state index < -0.39 is 0 Å². The van der Waals surface area contributed by atoms with Gasteiger partial charge in [-0.2, -0.15) is 0 Å². The Kier molecular flexibility index (Phi) is 5.64. The molecular weight excluding hydrogens is 287 g/mol. The van der Waals surface area contributed by atoms with Crippen LogP contribution in [-0.2, 0) is 6.54 Å². The lowest BCUT2D eigenvalue weighted by Gasteiger charge is -2.37. The van der Waals surface area contributed by atoms with E-state index in [2.05, 4.69) is 31.0 Å². The summed E-state index contributed by atoms with van der Waals surface area (Å²) in [5.41, 5.74) is 1.15. The van der Waals surface area contributed by atoms with Gasteiger partial charge in [-0.3, -0.25) is 4.90 Å². The van der Waals surface area contributed by atoms with Gasteiger partial charge < -0.3 is 5.32 Å².